The van der Waals surface area contributed by atoms with E-state index >= 15 is 0 Å². The highest BCUT2D eigenvalue weighted by Gasteiger charge is 2.21. The second kappa shape index (κ2) is 4.72. The van der Waals surface area contributed by atoms with E-state index in [1.807, 2.05) is 11.2 Å². The van der Waals surface area contributed by atoms with Crippen LogP contribution in [0.2, 0.25) is 0 Å². The molecule has 1 atom stereocenters. The predicted molar refractivity (Wildman–Crippen MR) is 52.4 cm³/mol. The Morgan fingerprint density at radius 3 is 3.08 bits per heavy atom. The van der Waals surface area contributed by atoms with E-state index in [2.05, 4.69) is 12.2 Å². The molecule has 0 saturated carbocycles. The number of hydrogen-bond acceptors (Lipinski definition) is 3. The molecule has 1 rings (SSSR count). The molecular formula is C8H16N2OS. The molecule has 70 valence electrons. The van der Waals surface area contributed by atoms with Crippen molar-refractivity contribution in [1.82, 2.24) is 10.2 Å². The molecule has 12 heavy (non-hydrogen) atoms. The molecule has 1 N–H and O–H groups in total. The molecule has 1 amide bonds. The molecule has 1 heterocycles. The zero-order valence-corrected chi connectivity index (χ0v) is 8.49. The van der Waals surface area contributed by atoms with Crippen molar-refractivity contribution in [3.05, 3.63) is 0 Å². The van der Waals surface area contributed by atoms with E-state index in [1.54, 1.807) is 11.8 Å². The van der Waals surface area contributed by atoms with Crippen molar-refractivity contribution in [3.8, 4) is 0 Å². The molecule has 0 aromatic rings. The minimum absolute atomic E-state index is 0.275. The van der Waals surface area contributed by atoms with Crippen LogP contribution in [-0.4, -0.2) is 48.5 Å². The van der Waals surface area contributed by atoms with Crippen LogP contribution in [0.5, 0.6) is 0 Å². The van der Waals surface area contributed by atoms with E-state index in [4.69, 9.17) is 0 Å². The molecule has 1 aliphatic heterocycles. The Bertz CT molecular complexity index is 163. The lowest BCUT2D eigenvalue weighted by Gasteiger charge is -2.33. The Morgan fingerprint density at radius 1 is 1.75 bits per heavy atom. The first-order valence-electron chi connectivity index (χ1n) is 4.25. The minimum atomic E-state index is 0.275. The number of carbonyl (C=O) groups excluding carboxylic acids is 1. The summed E-state index contributed by atoms with van der Waals surface area (Å²) in [4.78, 5) is 13.5. The van der Waals surface area contributed by atoms with Crippen LogP contribution in [0, 0.1) is 0 Å². The highest BCUT2D eigenvalue weighted by molar-refractivity contribution is 7.99. The zero-order chi connectivity index (χ0) is 8.97. The maximum atomic E-state index is 11.5. The van der Waals surface area contributed by atoms with Crippen molar-refractivity contribution >= 4 is 17.7 Å². The van der Waals surface area contributed by atoms with E-state index in [-0.39, 0.29) is 5.91 Å². The van der Waals surface area contributed by atoms with E-state index in [9.17, 15) is 4.79 Å². The summed E-state index contributed by atoms with van der Waals surface area (Å²) in [6.45, 7) is 4.82. The van der Waals surface area contributed by atoms with Crippen LogP contribution in [0.1, 0.15) is 6.92 Å². The van der Waals surface area contributed by atoms with Crippen molar-refractivity contribution in [2.45, 2.75) is 13.0 Å². The van der Waals surface area contributed by atoms with Gasteiger partial charge in [0.1, 0.15) is 0 Å². The summed E-state index contributed by atoms with van der Waals surface area (Å²) >= 11 is 1.59. The summed E-state index contributed by atoms with van der Waals surface area (Å²) in [7, 11) is 0. The zero-order valence-electron chi connectivity index (χ0n) is 7.67. The van der Waals surface area contributed by atoms with Crippen LogP contribution < -0.4 is 5.32 Å². The van der Waals surface area contributed by atoms with Gasteiger partial charge in [-0.05, 0) is 13.2 Å². The van der Waals surface area contributed by atoms with Gasteiger partial charge in [-0.25, -0.2) is 0 Å². The molecule has 0 unspecified atom stereocenters. The third-order valence-electron chi connectivity index (χ3n) is 2.09. The fourth-order valence-electron chi connectivity index (χ4n) is 1.42. The number of nitrogens with one attached hydrogen (secondary N) is 1. The van der Waals surface area contributed by atoms with Crippen molar-refractivity contribution in [3.63, 3.8) is 0 Å². The largest absolute Gasteiger partial charge is 0.337 e. The number of hydrogen-bond donors (Lipinski definition) is 1. The van der Waals surface area contributed by atoms with Gasteiger partial charge in [-0.2, -0.15) is 11.8 Å². The molecule has 1 fully saturated rings. The first-order chi connectivity index (χ1) is 5.75. The van der Waals surface area contributed by atoms with Gasteiger partial charge in [0.15, 0.2) is 0 Å². The summed E-state index contributed by atoms with van der Waals surface area (Å²) in [6.07, 6.45) is 1.96. The average molecular weight is 188 g/mol. The van der Waals surface area contributed by atoms with Crippen LogP contribution in [0.25, 0.3) is 0 Å². The van der Waals surface area contributed by atoms with Gasteiger partial charge in [0.05, 0.1) is 5.75 Å². The van der Waals surface area contributed by atoms with E-state index in [1.165, 1.54) is 0 Å². The number of nitrogens with zero attached hydrogens (tertiary/aromatic N) is 1. The number of carbonyl (C=O) groups is 1. The fourth-order valence-corrected chi connectivity index (χ4v) is 1.83. The Labute approximate surface area is 77.9 Å². The molecular weight excluding hydrogens is 172 g/mol. The van der Waals surface area contributed by atoms with Crippen LogP contribution >= 0.6 is 11.8 Å². The van der Waals surface area contributed by atoms with Gasteiger partial charge in [-0.15, -0.1) is 0 Å². The maximum Gasteiger partial charge on any atom is 0.232 e. The quantitative estimate of drug-likeness (QED) is 0.670. The van der Waals surface area contributed by atoms with Crippen molar-refractivity contribution < 1.29 is 4.79 Å². The summed E-state index contributed by atoms with van der Waals surface area (Å²) < 4.78 is 0. The predicted octanol–water partition coefficient (Wildman–Crippen LogP) is 0.170. The lowest BCUT2D eigenvalue weighted by Crippen LogP contribution is -2.52. The van der Waals surface area contributed by atoms with Crippen molar-refractivity contribution in [2.75, 3.05) is 31.6 Å². The van der Waals surface area contributed by atoms with Crippen LogP contribution in [0.3, 0.4) is 0 Å². The van der Waals surface area contributed by atoms with Gasteiger partial charge < -0.3 is 10.2 Å². The van der Waals surface area contributed by atoms with Crippen LogP contribution in [0.4, 0.5) is 0 Å². The number of piperazine rings is 1. The van der Waals surface area contributed by atoms with Gasteiger partial charge in [0.25, 0.3) is 0 Å². The molecule has 0 aliphatic carbocycles. The lowest BCUT2D eigenvalue weighted by atomic mass is 10.2. The molecule has 0 aromatic heterocycles. The first kappa shape index (κ1) is 9.86. The monoisotopic (exact) mass is 188 g/mol. The Kier molecular flexibility index (Phi) is 3.88. The van der Waals surface area contributed by atoms with Gasteiger partial charge in [0.2, 0.25) is 5.91 Å². The van der Waals surface area contributed by atoms with E-state index in [0.29, 0.717) is 11.8 Å². The molecule has 4 heteroatoms. The average Bonchev–Trinajstić information content (AvgIpc) is 2.05. The maximum absolute atomic E-state index is 11.5. The Hall–Kier alpha value is -0.220. The summed E-state index contributed by atoms with van der Waals surface area (Å²) in [6, 6.07) is 0.360. The highest BCUT2D eigenvalue weighted by atomic mass is 32.2. The number of amides is 1. The highest BCUT2D eigenvalue weighted by Crippen LogP contribution is 2.05. The third kappa shape index (κ3) is 2.38. The van der Waals surface area contributed by atoms with Crippen LogP contribution in [0.15, 0.2) is 0 Å². The third-order valence-corrected chi connectivity index (χ3v) is 2.63. The van der Waals surface area contributed by atoms with Gasteiger partial charge in [0, 0.05) is 25.7 Å². The normalized spacial score (nSPS) is 24.2. The Balaban J connectivity index is 2.42. The first-order valence-corrected chi connectivity index (χ1v) is 5.64. The lowest BCUT2D eigenvalue weighted by molar-refractivity contribution is -0.131. The second-order valence-electron chi connectivity index (χ2n) is 3.07. The summed E-state index contributed by atoms with van der Waals surface area (Å²) in [5, 5.41) is 3.26. The number of thioether (sulfide) groups is 1. The fraction of sp³-hybridized carbons (Fsp3) is 0.875. The molecule has 0 aromatic carbocycles. The summed E-state index contributed by atoms with van der Waals surface area (Å²) in [5.74, 6) is 0.890. The standard InChI is InChI=1S/C8H16N2OS/c1-7-5-9-3-4-10(7)8(11)6-12-2/h7,9H,3-6H2,1-2H3/t7-/m1/s1. The molecule has 1 saturated heterocycles. The van der Waals surface area contributed by atoms with Gasteiger partial charge in [-0.3, -0.25) is 4.79 Å². The summed E-state index contributed by atoms with van der Waals surface area (Å²) in [5.41, 5.74) is 0. The van der Waals surface area contributed by atoms with Crippen molar-refractivity contribution in [2.24, 2.45) is 0 Å². The smallest absolute Gasteiger partial charge is 0.232 e. The second-order valence-corrected chi connectivity index (χ2v) is 3.94. The molecule has 0 radical (unpaired) electrons. The molecule has 1 aliphatic rings. The van der Waals surface area contributed by atoms with Gasteiger partial charge >= 0.3 is 0 Å². The van der Waals surface area contributed by atoms with Crippen LogP contribution in [-0.2, 0) is 4.79 Å². The molecule has 0 bridgehead atoms. The molecule has 3 nitrogen and oxygen atoms in total. The van der Waals surface area contributed by atoms with Crippen molar-refractivity contribution in [1.29, 1.82) is 0 Å². The number of rotatable bonds is 2. The Morgan fingerprint density at radius 2 is 2.50 bits per heavy atom. The molecule has 0 spiro atoms. The van der Waals surface area contributed by atoms with E-state index in [0.717, 1.165) is 19.6 Å². The minimum Gasteiger partial charge on any atom is -0.337 e. The van der Waals surface area contributed by atoms with E-state index < -0.39 is 0 Å². The SMILES string of the molecule is CSCC(=O)N1CCNC[C@H]1C. The van der Waals surface area contributed by atoms with Gasteiger partial charge in [-0.1, -0.05) is 0 Å². The topological polar surface area (TPSA) is 32.3 Å².